The van der Waals surface area contributed by atoms with Crippen LogP contribution in [-0.2, 0) is 13.1 Å². The lowest BCUT2D eigenvalue weighted by Gasteiger charge is -2.07. The van der Waals surface area contributed by atoms with Crippen molar-refractivity contribution in [2.45, 2.75) is 20.0 Å². The third-order valence-corrected chi connectivity index (χ3v) is 3.83. The quantitative estimate of drug-likeness (QED) is 0.812. The molecule has 2 rings (SSSR count). The fourth-order valence-electron chi connectivity index (χ4n) is 1.67. The van der Waals surface area contributed by atoms with Gasteiger partial charge in [0.05, 0.1) is 13.7 Å². The predicted molar refractivity (Wildman–Crippen MR) is 75.8 cm³/mol. The molecule has 0 saturated heterocycles. The fraction of sp³-hybridized carbons (Fsp3) is 0.385. The van der Waals surface area contributed by atoms with Gasteiger partial charge in [-0.2, -0.15) is 0 Å². The molecule has 0 atom stereocenters. The summed E-state index contributed by atoms with van der Waals surface area (Å²) in [6.45, 7) is 4.14. The van der Waals surface area contributed by atoms with Crippen molar-refractivity contribution >= 4 is 11.3 Å². The van der Waals surface area contributed by atoms with Crippen LogP contribution >= 0.6 is 11.3 Å². The van der Waals surface area contributed by atoms with E-state index in [0.717, 1.165) is 6.54 Å². The predicted octanol–water partition coefficient (Wildman–Crippen LogP) is 1.41. The molecule has 0 aliphatic rings. The topological polar surface area (TPSA) is 56.1 Å². The third kappa shape index (κ3) is 3.65. The van der Waals surface area contributed by atoms with Crippen molar-refractivity contribution < 1.29 is 4.74 Å². The Bertz CT molecular complexity index is 592. The molecule has 2 aromatic rings. The Morgan fingerprint density at radius 3 is 2.95 bits per heavy atom. The number of aryl methyl sites for hydroxylation is 1. The average Bonchev–Trinajstić information content (AvgIpc) is 2.82. The van der Waals surface area contributed by atoms with E-state index < -0.39 is 0 Å². The summed E-state index contributed by atoms with van der Waals surface area (Å²) in [4.78, 5) is 12.9. The highest BCUT2D eigenvalue weighted by Crippen LogP contribution is 2.14. The van der Waals surface area contributed by atoms with Crippen molar-refractivity contribution in [1.82, 2.24) is 15.1 Å². The van der Waals surface area contributed by atoms with E-state index in [1.165, 1.54) is 28.3 Å². The smallest absolute Gasteiger partial charge is 0.267 e. The van der Waals surface area contributed by atoms with Gasteiger partial charge in [0.2, 0.25) is 5.88 Å². The molecule has 0 aromatic carbocycles. The van der Waals surface area contributed by atoms with Crippen LogP contribution in [0.25, 0.3) is 0 Å². The van der Waals surface area contributed by atoms with Gasteiger partial charge >= 0.3 is 0 Å². The number of hydrogen-bond acceptors (Lipinski definition) is 5. The number of nitrogens with one attached hydrogen (secondary N) is 1. The number of aromatic nitrogens is 2. The standard InChI is InChI=1S/C13H17N3O2S/c1-10-5-8-19-11(10)9-14-6-7-16-13(17)4-3-12(15-16)18-2/h3-5,8,14H,6-7,9H2,1-2H3. The molecule has 0 fully saturated rings. The number of thiophene rings is 1. The van der Waals surface area contributed by atoms with Crippen LogP contribution in [0.2, 0.25) is 0 Å². The molecule has 0 bridgehead atoms. The van der Waals surface area contributed by atoms with Gasteiger partial charge in [0.1, 0.15) is 0 Å². The van der Waals surface area contributed by atoms with Crippen LogP contribution in [0.5, 0.6) is 5.88 Å². The van der Waals surface area contributed by atoms with E-state index in [0.29, 0.717) is 19.0 Å². The van der Waals surface area contributed by atoms with Gasteiger partial charge in [0.15, 0.2) is 0 Å². The SMILES string of the molecule is COc1ccc(=O)n(CCNCc2sccc2C)n1. The molecule has 19 heavy (non-hydrogen) atoms. The lowest BCUT2D eigenvalue weighted by molar-refractivity contribution is 0.374. The van der Waals surface area contributed by atoms with Crippen LogP contribution in [-0.4, -0.2) is 23.4 Å². The zero-order valence-electron chi connectivity index (χ0n) is 11.0. The van der Waals surface area contributed by atoms with Gasteiger partial charge in [-0.3, -0.25) is 4.79 Å². The number of rotatable bonds is 6. The maximum atomic E-state index is 11.6. The van der Waals surface area contributed by atoms with E-state index in [1.54, 1.807) is 17.4 Å². The minimum Gasteiger partial charge on any atom is -0.480 e. The highest BCUT2D eigenvalue weighted by atomic mass is 32.1. The minimum absolute atomic E-state index is 0.116. The summed E-state index contributed by atoms with van der Waals surface area (Å²) in [6, 6.07) is 5.15. The van der Waals surface area contributed by atoms with Crippen molar-refractivity contribution in [1.29, 1.82) is 0 Å². The van der Waals surface area contributed by atoms with Crippen molar-refractivity contribution in [3.63, 3.8) is 0 Å². The molecular formula is C13H17N3O2S. The molecule has 0 unspecified atom stereocenters. The zero-order valence-corrected chi connectivity index (χ0v) is 11.9. The molecule has 102 valence electrons. The van der Waals surface area contributed by atoms with E-state index in [1.807, 2.05) is 0 Å². The Morgan fingerprint density at radius 1 is 1.42 bits per heavy atom. The van der Waals surface area contributed by atoms with Crippen LogP contribution < -0.4 is 15.6 Å². The number of methoxy groups -OCH3 is 1. The van der Waals surface area contributed by atoms with Crippen LogP contribution in [0.4, 0.5) is 0 Å². The van der Waals surface area contributed by atoms with Crippen molar-refractivity contribution in [3.05, 3.63) is 44.4 Å². The maximum Gasteiger partial charge on any atom is 0.267 e. The first kappa shape index (κ1) is 13.8. The molecule has 6 heteroatoms. The van der Waals surface area contributed by atoms with Crippen molar-refractivity contribution in [2.24, 2.45) is 0 Å². The van der Waals surface area contributed by atoms with E-state index in [9.17, 15) is 4.79 Å². The summed E-state index contributed by atoms with van der Waals surface area (Å²) in [7, 11) is 1.54. The third-order valence-electron chi connectivity index (χ3n) is 2.81. The number of hydrogen-bond donors (Lipinski definition) is 1. The van der Waals surface area contributed by atoms with E-state index in [4.69, 9.17) is 4.74 Å². The molecule has 5 nitrogen and oxygen atoms in total. The van der Waals surface area contributed by atoms with Gasteiger partial charge in [-0.05, 0) is 23.9 Å². The normalized spacial score (nSPS) is 10.6. The molecule has 0 saturated carbocycles. The maximum absolute atomic E-state index is 11.6. The summed E-state index contributed by atoms with van der Waals surface area (Å²) >= 11 is 1.74. The van der Waals surface area contributed by atoms with Gasteiger partial charge < -0.3 is 10.1 Å². The fourth-order valence-corrected chi connectivity index (χ4v) is 2.55. The minimum atomic E-state index is -0.116. The van der Waals surface area contributed by atoms with Gasteiger partial charge in [0.25, 0.3) is 5.56 Å². The van der Waals surface area contributed by atoms with Crippen LogP contribution in [0, 0.1) is 6.92 Å². The first-order chi connectivity index (χ1) is 9.20. The Balaban J connectivity index is 1.86. The molecular weight excluding hydrogens is 262 g/mol. The second-order valence-electron chi connectivity index (χ2n) is 4.14. The summed E-state index contributed by atoms with van der Waals surface area (Å²) in [6.07, 6.45) is 0. The lowest BCUT2D eigenvalue weighted by atomic mass is 10.3. The highest BCUT2D eigenvalue weighted by molar-refractivity contribution is 7.10. The molecule has 0 amide bonds. The Labute approximate surface area is 115 Å². The summed E-state index contributed by atoms with van der Waals surface area (Å²) < 4.78 is 6.41. The zero-order chi connectivity index (χ0) is 13.7. The molecule has 0 aliphatic carbocycles. The molecule has 2 heterocycles. The molecule has 0 spiro atoms. The monoisotopic (exact) mass is 279 g/mol. The Kier molecular flexibility index (Phi) is 4.70. The second-order valence-corrected chi connectivity index (χ2v) is 5.14. The van der Waals surface area contributed by atoms with Crippen LogP contribution in [0.1, 0.15) is 10.4 Å². The summed E-state index contributed by atoms with van der Waals surface area (Å²) in [5, 5.41) is 9.48. The van der Waals surface area contributed by atoms with Crippen LogP contribution in [0.15, 0.2) is 28.4 Å². The lowest BCUT2D eigenvalue weighted by Crippen LogP contribution is -2.28. The van der Waals surface area contributed by atoms with Crippen LogP contribution in [0.3, 0.4) is 0 Å². The van der Waals surface area contributed by atoms with Gasteiger partial charge in [-0.15, -0.1) is 16.4 Å². The average molecular weight is 279 g/mol. The summed E-state index contributed by atoms with van der Waals surface area (Å²) in [5.74, 6) is 0.453. The first-order valence-electron chi connectivity index (χ1n) is 6.06. The number of nitrogens with zero attached hydrogens (tertiary/aromatic N) is 2. The Morgan fingerprint density at radius 2 is 2.26 bits per heavy atom. The van der Waals surface area contributed by atoms with E-state index >= 15 is 0 Å². The van der Waals surface area contributed by atoms with Gasteiger partial charge in [0, 0.05) is 30.1 Å². The molecule has 2 aromatic heterocycles. The largest absolute Gasteiger partial charge is 0.480 e. The molecule has 1 N–H and O–H groups in total. The van der Waals surface area contributed by atoms with E-state index in [-0.39, 0.29) is 5.56 Å². The molecule has 0 aliphatic heterocycles. The van der Waals surface area contributed by atoms with Gasteiger partial charge in [-0.25, -0.2) is 4.68 Å². The number of ether oxygens (including phenoxy) is 1. The van der Waals surface area contributed by atoms with Gasteiger partial charge in [-0.1, -0.05) is 0 Å². The Hall–Kier alpha value is -1.66. The molecule has 0 radical (unpaired) electrons. The highest BCUT2D eigenvalue weighted by Gasteiger charge is 2.01. The van der Waals surface area contributed by atoms with Crippen molar-refractivity contribution in [2.75, 3.05) is 13.7 Å². The first-order valence-corrected chi connectivity index (χ1v) is 6.94. The second kappa shape index (κ2) is 6.49. The summed E-state index contributed by atoms with van der Waals surface area (Å²) in [5.41, 5.74) is 1.18. The van der Waals surface area contributed by atoms with E-state index in [2.05, 4.69) is 28.8 Å². The van der Waals surface area contributed by atoms with Crippen molar-refractivity contribution in [3.8, 4) is 5.88 Å².